The first kappa shape index (κ1) is 24.1. The molecule has 10 nitrogen and oxygen atoms in total. The number of nitrogens with zero attached hydrogens (tertiary/aromatic N) is 1. The maximum Gasteiger partial charge on any atom is 0.313 e. The molecule has 0 heterocycles. The number of hydrogen-bond acceptors (Lipinski definition) is 4. The molecule has 3 unspecified atom stereocenters. The SMILES string of the molecule is NC(=O)NC(c1ccccc1)N(C(NC(N)=O)c1ccccc1)C(NC(N)=O)c1ccccc1. The van der Waals surface area contributed by atoms with Gasteiger partial charge in [0.25, 0.3) is 0 Å². The minimum absolute atomic E-state index is 0.640. The highest BCUT2D eigenvalue weighted by molar-refractivity contribution is 5.74. The number of rotatable bonds is 9. The van der Waals surface area contributed by atoms with Gasteiger partial charge in [0, 0.05) is 0 Å². The van der Waals surface area contributed by atoms with E-state index in [2.05, 4.69) is 16.0 Å². The summed E-state index contributed by atoms with van der Waals surface area (Å²) >= 11 is 0. The van der Waals surface area contributed by atoms with Crippen LogP contribution in [-0.4, -0.2) is 23.0 Å². The zero-order valence-corrected chi connectivity index (χ0v) is 18.3. The Morgan fingerprint density at radius 2 is 0.735 bits per heavy atom. The van der Waals surface area contributed by atoms with E-state index < -0.39 is 36.6 Å². The summed E-state index contributed by atoms with van der Waals surface area (Å²) < 4.78 is 0. The first-order chi connectivity index (χ1) is 16.4. The highest BCUT2D eigenvalue weighted by atomic mass is 16.2. The van der Waals surface area contributed by atoms with Gasteiger partial charge in [0.1, 0.15) is 18.5 Å². The summed E-state index contributed by atoms with van der Waals surface area (Å²) in [4.78, 5) is 38.0. The van der Waals surface area contributed by atoms with E-state index in [1.807, 2.05) is 18.2 Å². The zero-order valence-electron chi connectivity index (χ0n) is 18.3. The van der Waals surface area contributed by atoms with E-state index in [4.69, 9.17) is 17.2 Å². The average molecular weight is 462 g/mol. The summed E-state index contributed by atoms with van der Waals surface area (Å²) in [6, 6.07) is 24.5. The van der Waals surface area contributed by atoms with Gasteiger partial charge in [0.15, 0.2) is 0 Å². The van der Waals surface area contributed by atoms with Gasteiger partial charge in [-0.25, -0.2) is 19.3 Å². The maximum absolute atomic E-state index is 12.1. The van der Waals surface area contributed by atoms with Crippen LogP contribution in [0.3, 0.4) is 0 Å². The van der Waals surface area contributed by atoms with E-state index in [1.165, 1.54) is 0 Å². The van der Waals surface area contributed by atoms with E-state index >= 15 is 0 Å². The number of hydrogen-bond donors (Lipinski definition) is 6. The molecule has 3 rings (SSSR count). The molecule has 10 heteroatoms. The van der Waals surface area contributed by atoms with Gasteiger partial charge in [-0.05, 0) is 16.7 Å². The van der Waals surface area contributed by atoms with Crippen LogP contribution in [0, 0.1) is 0 Å². The topological polar surface area (TPSA) is 169 Å². The summed E-state index contributed by atoms with van der Waals surface area (Å²) in [6.45, 7) is 0. The average Bonchev–Trinajstić information content (AvgIpc) is 2.83. The summed E-state index contributed by atoms with van der Waals surface area (Å²) in [7, 11) is 0. The van der Waals surface area contributed by atoms with E-state index in [9.17, 15) is 14.4 Å². The van der Waals surface area contributed by atoms with Crippen molar-refractivity contribution < 1.29 is 14.4 Å². The summed E-state index contributed by atoms with van der Waals surface area (Å²) in [5.41, 5.74) is 18.6. The molecule has 6 amide bonds. The number of nitrogens with two attached hydrogens (primary N) is 3. The first-order valence-corrected chi connectivity index (χ1v) is 10.5. The van der Waals surface area contributed by atoms with Crippen LogP contribution in [0.1, 0.15) is 35.2 Å². The zero-order chi connectivity index (χ0) is 24.5. The van der Waals surface area contributed by atoms with Gasteiger partial charge in [-0.15, -0.1) is 0 Å². The lowest BCUT2D eigenvalue weighted by Crippen LogP contribution is -2.55. The smallest absolute Gasteiger partial charge is 0.313 e. The molecule has 0 spiro atoms. The van der Waals surface area contributed by atoms with Crippen molar-refractivity contribution in [2.24, 2.45) is 17.2 Å². The van der Waals surface area contributed by atoms with E-state index in [-0.39, 0.29) is 0 Å². The van der Waals surface area contributed by atoms with Crippen molar-refractivity contribution in [3.63, 3.8) is 0 Å². The number of carbonyl (C=O) groups excluding carboxylic acids is 3. The van der Waals surface area contributed by atoms with Crippen LogP contribution in [0.5, 0.6) is 0 Å². The Kier molecular flexibility index (Phi) is 8.03. The lowest BCUT2D eigenvalue weighted by atomic mass is 10.0. The van der Waals surface area contributed by atoms with Crippen molar-refractivity contribution in [2.45, 2.75) is 18.5 Å². The highest BCUT2D eigenvalue weighted by Gasteiger charge is 2.37. The largest absolute Gasteiger partial charge is 0.352 e. The van der Waals surface area contributed by atoms with Gasteiger partial charge in [0.05, 0.1) is 0 Å². The number of nitrogens with one attached hydrogen (secondary N) is 3. The molecule has 0 aliphatic carbocycles. The third kappa shape index (κ3) is 6.24. The molecular formula is C24H27N7O3. The van der Waals surface area contributed by atoms with Gasteiger partial charge in [0.2, 0.25) is 0 Å². The Morgan fingerprint density at radius 3 is 0.941 bits per heavy atom. The normalized spacial score (nSPS) is 13.3. The van der Waals surface area contributed by atoms with Crippen LogP contribution in [0.4, 0.5) is 14.4 Å². The van der Waals surface area contributed by atoms with Crippen molar-refractivity contribution in [1.82, 2.24) is 20.9 Å². The molecule has 3 aromatic carbocycles. The Labute approximate surface area is 197 Å². The summed E-state index contributed by atoms with van der Waals surface area (Å²) in [5, 5.41) is 8.17. The van der Waals surface area contributed by atoms with Crippen LogP contribution >= 0.6 is 0 Å². The van der Waals surface area contributed by atoms with Crippen LogP contribution in [-0.2, 0) is 0 Å². The number of benzene rings is 3. The fourth-order valence-corrected chi connectivity index (χ4v) is 3.75. The van der Waals surface area contributed by atoms with Gasteiger partial charge >= 0.3 is 18.1 Å². The molecule has 34 heavy (non-hydrogen) atoms. The molecule has 0 aliphatic heterocycles. The second-order valence-electron chi connectivity index (χ2n) is 7.41. The number of primary amides is 3. The van der Waals surface area contributed by atoms with Crippen LogP contribution in [0.15, 0.2) is 91.0 Å². The van der Waals surface area contributed by atoms with Gasteiger partial charge < -0.3 is 33.2 Å². The van der Waals surface area contributed by atoms with E-state index in [0.29, 0.717) is 16.7 Å². The van der Waals surface area contributed by atoms with Gasteiger partial charge in [-0.3, -0.25) is 0 Å². The highest BCUT2D eigenvalue weighted by Crippen LogP contribution is 2.35. The van der Waals surface area contributed by atoms with E-state index in [0.717, 1.165) is 0 Å². The molecule has 0 aromatic heterocycles. The molecular weight excluding hydrogens is 434 g/mol. The first-order valence-electron chi connectivity index (χ1n) is 10.5. The molecule has 176 valence electrons. The van der Waals surface area contributed by atoms with Crippen molar-refractivity contribution in [3.05, 3.63) is 108 Å². The lowest BCUT2D eigenvalue weighted by molar-refractivity contribution is 0.0385. The second-order valence-corrected chi connectivity index (χ2v) is 7.41. The van der Waals surface area contributed by atoms with Gasteiger partial charge in [-0.1, -0.05) is 91.0 Å². The summed E-state index contributed by atoms with van der Waals surface area (Å²) in [5.74, 6) is 0. The Morgan fingerprint density at radius 1 is 0.500 bits per heavy atom. The van der Waals surface area contributed by atoms with Crippen LogP contribution in [0.2, 0.25) is 0 Å². The quantitative estimate of drug-likeness (QED) is 0.269. The standard InChI is InChI=1S/C24H27N7O3/c25-22(32)28-19(16-10-4-1-5-11-16)31(20(29-23(26)33)17-12-6-2-7-13-17)21(30-24(27)34)18-14-8-3-9-15-18/h1-15,19-21H,(H3,25,28,32)(H3,26,29,33)(H3,27,30,34). The molecule has 0 bridgehead atoms. The number of urea groups is 3. The van der Waals surface area contributed by atoms with Crippen molar-refractivity contribution in [1.29, 1.82) is 0 Å². The molecule has 0 radical (unpaired) electrons. The van der Waals surface area contributed by atoms with Crippen LogP contribution < -0.4 is 33.2 Å². The molecule has 3 aromatic rings. The molecule has 0 saturated carbocycles. The molecule has 0 aliphatic rings. The monoisotopic (exact) mass is 461 g/mol. The third-order valence-electron chi connectivity index (χ3n) is 5.08. The third-order valence-corrected chi connectivity index (χ3v) is 5.08. The second kappa shape index (κ2) is 11.3. The Bertz CT molecular complexity index is 956. The van der Waals surface area contributed by atoms with E-state index in [1.54, 1.807) is 77.7 Å². The Balaban J connectivity index is 2.27. The van der Waals surface area contributed by atoms with Crippen molar-refractivity contribution >= 4 is 18.1 Å². The molecule has 9 N–H and O–H groups in total. The summed E-state index contributed by atoms with van der Waals surface area (Å²) in [6.07, 6.45) is -2.73. The number of amides is 6. The predicted octanol–water partition coefficient (Wildman–Crippen LogP) is 2.39. The minimum atomic E-state index is -0.909. The predicted molar refractivity (Wildman–Crippen MR) is 128 cm³/mol. The molecule has 3 atom stereocenters. The lowest BCUT2D eigenvalue weighted by Gasteiger charge is -2.43. The van der Waals surface area contributed by atoms with Gasteiger partial charge in [-0.2, -0.15) is 0 Å². The van der Waals surface area contributed by atoms with Crippen molar-refractivity contribution in [3.8, 4) is 0 Å². The molecule has 0 saturated heterocycles. The number of carbonyl (C=O) groups is 3. The minimum Gasteiger partial charge on any atom is -0.352 e. The molecule has 0 fully saturated rings. The van der Waals surface area contributed by atoms with Crippen LogP contribution in [0.25, 0.3) is 0 Å². The van der Waals surface area contributed by atoms with Crippen molar-refractivity contribution in [2.75, 3.05) is 0 Å². The Hall–Kier alpha value is -4.57. The fourth-order valence-electron chi connectivity index (χ4n) is 3.75. The fraction of sp³-hybridized carbons (Fsp3) is 0.125. The maximum atomic E-state index is 12.1.